The summed E-state index contributed by atoms with van der Waals surface area (Å²) >= 11 is 0. The first-order chi connectivity index (χ1) is 19.0. The number of para-hydroxylation sites is 4. The third-order valence-corrected chi connectivity index (χ3v) is 7.27. The summed E-state index contributed by atoms with van der Waals surface area (Å²) in [7, 11) is 0. The van der Waals surface area contributed by atoms with Crippen LogP contribution in [0.3, 0.4) is 0 Å². The van der Waals surface area contributed by atoms with Crippen LogP contribution in [0.5, 0.6) is 0 Å². The van der Waals surface area contributed by atoms with Gasteiger partial charge in [0, 0.05) is 48.6 Å². The van der Waals surface area contributed by atoms with Gasteiger partial charge in [0.15, 0.2) is 5.78 Å². The van der Waals surface area contributed by atoms with E-state index in [4.69, 9.17) is 5.11 Å². The summed E-state index contributed by atoms with van der Waals surface area (Å²) < 4.78 is 2.43. The van der Waals surface area contributed by atoms with Gasteiger partial charge in [-0.15, -0.1) is 5.39 Å². The van der Waals surface area contributed by atoms with E-state index in [2.05, 4.69) is 113 Å². The van der Waals surface area contributed by atoms with Gasteiger partial charge in [-0.2, -0.15) is 18.8 Å². The van der Waals surface area contributed by atoms with E-state index in [-0.39, 0.29) is 31.6 Å². The number of hydrogen-bond acceptors (Lipinski definition) is 4. The molecule has 7 rings (SSSR count). The zero-order valence-electron chi connectivity index (χ0n) is 22.8. The third kappa shape index (κ3) is 4.61. The molecule has 0 amide bonds. The van der Waals surface area contributed by atoms with E-state index in [9.17, 15) is 4.79 Å². The molecule has 0 saturated heterocycles. The number of carbonyl (C=O) groups excluding carboxylic acids is 1. The van der Waals surface area contributed by atoms with Crippen molar-refractivity contribution < 1.29 is 30.0 Å². The molecule has 0 unspecified atom stereocenters. The Kier molecular flexibility index (Phi) is 7.84. The molecular formula is C34H31IrN3O2-2. The van der Waals surface area contributed by atoms with Crippen LogP contribution in [0.25, 0.3) is 38.1 Å². The van der Waals surface area contributed by atoms with Gasteiger partial charge < -0.3 is 19.3 Å². The molecule has 0 atom stereocenters. The molecule has 5 nitrogen and oxygen atoms in total. The van der Waals surface area contributed by atoms with Gasteiger partial charge in [0.1, 0.15) is 0 Å². The molecule has 40 heavy (non-hydrogen) atoms. The minimum Gasteiger partial charge on any atom is -0.512 e. The number of hydrogen-bond donors (Lipinski definition) is 1. The van der Waals surface area contributed by atoms with Crippen molar-refractivity contribution in [1.29, 1.82) is 0 Å². The van der Waals surface area contributed by atoms with Crippen LogP contribution < -0.4 is 9.80 Å². The molecule has 3 heterocycles. The van der Waals surface area contributed by atoms with E-state index in [0.717, 1.165) is 12.2 Å². The van der Waals surface area contributed by atoms with Crippen LogP contribution in [-0.2, 0) is 24.9 Å². The summed E-state index contributed by atoms with van der Waals surface area (Å²) in [6.07, 6.45) is 3.52. The van der Waals surface area contributed by atoms with Crippen LogP contribution in [0, 0.1) is 12.7 Å². The van der Waals surface area contributed by atoms with Crippen LogP contribution in [0.4, 0.5) is 17.1 Å². The molecule has 0 spiro atoms. The molecule has 2 aromatic heterocycles. The van der Waals surface area contributed by atoms with E-state index in [0.29, 0.717) is 0 Å². The predicted octanol–water partition coefficient (Wildman–Crippen LogP) is 8.55. The Hall–Kier alpha value is -3.86. The average molecular weight is 706 g/mol. The summed E-state index contributed by atoms with van der Waals surface area (Å²) in [5.74, 6) is -0.0625. The normalized spacial score (nSPS) is 13.1. The summed E-state index contributed by atoms with van der Waals surface area (Å²) in [4.78, 5) is 14.7. The van der Waals surface area contributed by atoms with Crippen molar-refractivity contribution in [2.45, 2.75) is 33.6 Å². The maximum absolute atomic E-state index is 10.0. The number of carbonyl (C=O) groups is 1. The number of ketones is 1. The molecule has 6 aromatic rings. The maximum Gasteiger partial charge on any atom is 0.155 e. The zero-order chi connectivity index (χ0) is 27.1. The Bertz CT molecular complexity index is 1850. The van der Waals surface area contributed by atoms with Gasteiger partial charge in [0.25, 0.3) is 0 Å². The van der Waals surface area contributed by atoms with Gasteiger partial charge in [-0.05, 0) is 67.4 Å². The van der Waals surface area contributed by atoms with Crippen molar-refractivity contribution in [2.75, 3.05) is 16.3 Å². The number of rotatable bonds is 5. The number of anilines is 3. The Labute approximate surface area is 248 Å². The number of aliphatic hydroxyl groups excluding tert-OH is 1. The molecule has 0 aliphatic carbocycles. The summed E-state index contributed by atoms with van der Waals surface area (Å²) in [6, 6.07) is 32.1. The Balaban J connectivity index is 0.000000362. The topological polar surface area (TPSA) is 48.2 Å². The van der Waals surface area contributed by atoms with Gasteiger partial charge in [-0.25, -0.2) is 0 Å². The van der Waals surface area contributed by atoms with Crippen LogP contribution in [0.1, 0.15) is 33.6 Å². The number of fused-ring (bicyclic) bond motifs is 7. The second-order valence-electron chi connectivity index (χ2n) is 10.1. The van der Waals surface area contributed by atoms with E-state index in [1.807, 2.05) is 0 Å². The maximum atomic E-state index is 10.0. The Morgan fingerprint density at radius 1 is 0.900 bits per heavy atom. The smallest absolute Gasteiger partial charge is 0.155 e. The Morgan fingerprint density at radius 3 is 2.17 bits per heavy atom. The summed E-state index contributed by atoms with van der Waals surface area (Å²) in [5.41, 5.74) is 7.42. The first kappa shape index (κ1) is 27.7. The van der Waals surface area contributed by atoms with Crippen molar-refractivity contribution in [1.82, 2.24) is 4.40 Å². The number of aliphatic hydroxyl groups is 1. The van der Waals surface area contributed by atoms with Gasteiger partial charge in [-0.1, -0.05) is 72.9 Å². The molecule has 4 aromatic carbocycles. The van der Waals surface area contributed by atoms with Crippen molar-refractivity contribution in [3.8, 4) is 0 Å². The molecule has 1 radical (unpaired) electrons. The fourth-order valence-electron chi connectivity index (χ4n) is 5.71. The molecule has 0 bridgehead atoms. The summed E-state index contributed by atoms with van der Waals surface area (Å²) in [6.45, 7) is 8.39. The number of aromatic nitrogens is 1. The molecule has 0 saturated carbocycles. The van der Waals surface area contributed by atoms with Crippen LogP contribution in [0.2, 0.25) is 0 Å². The van der Waals surface area contributed by atoms with E-state index in [1.165, 1.54) is 82.2 Å². The average Bonchev–Trinajstić information content (AvgIpc) is 3.58. The number of allylic oxidation sites excluding steroid dienone is 2. The minimum atomic E-state index is -0.125. The quantitative estimate of drug-likeness (QED) is 0.111. The molecule has 6 heteroatoms. The standard InChI is InChI=1S/C29H23N3.C5H8O2.Ir/c1-2-3-18-30-19-31(26-15-9-8-14-25(26)30)27-17-16-21-20-10-4-6-12-23(20)32-24-13-7-5-11-22(24)28(27)29(21)32;1-4(6)3-5(2)7;/h4-16,19H,2-3,18H2,1H3;3,6H,1-2H3;/q-2;;/b;4-3-;. The second kappa shape index (κ2) is 11.3. The van der Waals surface area contributed by atoms with Gasteiger partial charge in [0.05, 0.1) is 5.76 Å². The molecule has 205 valence electrons. The van der Waals surface area contributed by atoms with E-state index >= 15 is 0 Å². The van der Waals surface area contributed by atoms with Gasteiger partial charge in [-0.3, -0.25) is 4.79 Å². The van der Waals surface area contributed by atoms with Crippen molar-refractivity contribution in [3.63, 3.8) is 0 Å². The molecule has 1 aliphatic heterocycles. The molecular weight excluding hydrogens is 675 g/mol. The van der Waals surface area contributed by atoms with E-state index in [1.54, 1.807) is 0 Å². The third-order valence-electron chi connectivity index (χ3n) is 7.27. The van der Waals surface area contributed by atoms with E-state index < -0.39 is 0 Å². The predicted molar refractivity (Wildman–Crippen MR) is 162 cm³/mol. The first-order valence-electron chi connectivity index (χ1n) is 13.4. The fourth-order valence-corrected chi connectivity index (χ4v) is 5.71. The van der Waals surface area contributed by atoms with Crippen molar-refractivity contribution in [3.05, 3.63) is 103 Å². The van der Waals surface area contributed by atoms with Gasteiger partial charge >= 0.3 is 0 Å². The second-order valence-corrected chi connectivity index (χ2v) is 10.1. The molecule has 0 fully saturated rings. The zero-order valence-corrected chi connectivity index (χ0v) is 25.2. The monoisotopic (exact) mass is 706 g/mol. The van der Waals surface area contributed by atoms with Gasteiger partial charge in [0.2, 0.25) is 0 Å². The SMILES string of the molecule is CC(=O)/C=C(/C)O.CCCCN1[CH-]N(c2[c-]cc3c4ccccc4n4c5ccccc5c2c34)c2ccccc21.[Ir]. The number of nitrogens with zero attached hydrogens (tertiary/aromatic N) is 3. The largest absolute Gasteiger partial charge is 0.512 e. The fraction of sp³-hybridized carbons (Fsp3) is 0.176. The van der Waals surface area contributed by atoms with Crippen molar-refractivity contribution in [2.24, 2.45) is 0 Å². The van der Waals surface area contributed by atoms with Crippen LogP contribution in [0.15, 0.2) is 90.7 Å². The first-order valence-corrected chi connectivity index (χ1v) is 13.4. The minimum absolute atomic E-state index is 0. The number of unbranched alkanes of at least 4 members (excludes halogenated alkanes) is 1. The molecule has 1 N–H and O–H groups in total. The van der Waals surface area contributed by atoms with Crippen molar-refractivity contribution >= 4 is 60.9 Å². The Morgan fingerprint density at radius 2 is 1.52 bits per heavy atom. The molecule has 1 aliphatic rings. The number of benzene rings is 4. The van der Waals surface area contributed by atoms with Crippen LogP contribution >= 0.6 is 0 Å². The van der Waals surface area contributed by atoms with Crippen LogP contribution in [-0.4, -0.2) is 21.8 Å². The summed E-state index contributed by atoms with van der Waals surface area (Å²) in [5, 5.41) is 13.5.